The lowest BCUT2D eigenvalue weighted by molar-refractivity contribution is -0.0628. The highest BCUT2D eigenvalue weighted by molar-refractivity contribution is 4.65. The van der Waals surface area contributed by atoms with Gasteiger partial charge in [0.15, 0.2) is 6.23 Å². The van der Waals surface area contributed by atoms with E-state index in [0.717, 1.165) is 0 Å². The molecule has 0 rings (SSSR count). The Bertz CT molecular complexity index is 56.4. The lowest BCUT2D eigenvalue weighted by Crippen LogP contribution is -2.62. The number of rotatable bonds is 1. The van der Waals surface area contributed by atoms with Crippen LogP contribution in [0.1, 0.15) is 0 Å². The zero-order valence-electron chi connectivity index (χ0n) is 3.70. The molecule has 8 N–H and O–H groups in total. The first-order chi connectivity index (χ1) is 2.94. The fourth-order valence-corrected chi connectivity index (χ4v) is 0. The predicted molar refractivity (Wildman–Crippen MR) is 23.5 cm³/mol. The minimum atomic E-state index is -2.17. The fourth-order valence-electron chi connectivity index (χ4n) is 0. The van der Waals surface area contributed by atoms with Gasteiger partial charge in [-0.3, -0.25) is 11.5 Å². The Morgan fingerprint density at radius 1 is 1.43 bits per heavy atom. The molecule has 0 fully saturated rings. The molecule has 0 amide bonds. The summed E-state index contributed by atoms with van der Waals surface area (Å²) in [4.78, 5) is 0. The van der Waals surface area contributed by atoms with Gasteiger partial charge >= 0.3 is 0 Å². The standard InChI is InChI=1S/C2H9N3O2/c3-1(6)2(4,5)7/h1,6-7H,3-5H2. The summed E-state index contributed by atoms with van der Waals surface area (Å²) >= 11 is 0. The Hall–Kier alpha value is -0.200. The van der Waals surface area contributed by atoms with Gasteiger partial charge in [-0.1, -0.05) is 0 Å². The van der Waals surface area contributed by atoms with Gasteiger partial charge in [-0.15, -0.1) is 0 Å². The average molecular weight is 107 g/mol. The number of hydrogen-bond acceptors (Lipinski definition) is 5. The molecule has 0 bridgehead atoms. The van der Waals surface area contributed by atoms with Gasteiger partial charge in [0.2, 0.25) is 5.85 Å². The number of aliphatic hydroxyl groups is 2. The van der Waals surface area contributed by atoms with Crippen LogP contribution in [0.3, 0.4) is 0 Å². The average Bonchev–Trinajstić information content (AvgIpc) is 1.31. The van der Waals surface area contributed by atoms with Crippen LogP contribution in [-0.2, 0) is 0 Å². The molecule has 1 unspecified atom stereocenters. The van der Waals surface area contributed by atoms with E-state index in [1.807, 2.05) is 0 Å². The molecule has 0 aromatic rings. The van der Waals surface area contributed by atoms with Crippen molar-refractivity contribution in [2.45, 2.75) is 12.1 Å². The quantitative estimate of drug-likeness (QED) is 0.226. The molecule has 5 heteroatoms. The molecule has 0 aromatic heterocycles. The summed E-state index contributed by atoms with van der Waals surface area (Å²) in [6.45, 7) is 0. The predicted octanol–water partition coefficient (Wildman–Crippen LogP) is -3.17. The molecular weight excluding hydrogens is 98.0 g/mol. The second-order valence-corrected chi connectivity index (χ2v) is 1.33. The van der Waals surface area contributed by atoms with Crippen LogP contribution < -0.4 is 17.2 Å². The molecular formula is C2H9N3O2. The Morgan fingerprint density at radius 2 is 1.57 bits per heavy atom. The van der Waals surface area contributed by atoms with E-state index in [1.54, 1.807) is 0 Å². The third-order valence-electron chi connectivity index (χ3n) is 0.474. The van der Waals surface area contributed by atoms with E-state index in [2.05, 4.69) is 17.2 Å². The van der Waals surface area contributed by atoms with Gasteiger partial charge < -0.3 is 15.9 Å². The van der Waals surface area contributed by atoms with Crippen LogP contribution in [0.2, 0.25) is 0 Å². The monoisotopic (exact) mass is 107 g/mol. The van der Waals surface area contributed by atoms with Crippen molar-refractivity contribution in [1.29, 1.82) is 0 Å². The fraction of sp³-hybridized carbons (Fsp3) is 1.00. The van der Waals surface area contributed by atoms with Crippen LogP contribution in [-0.4, -0.2) is 22.3 Å². The molecule has 0 radical (unpaired) electrons. The van der Waals surface area contributed by atoms with Crippen LogP contribution in [0.5, 0.6) is 0 Å². The molecule has 0 saturated heterocycles. The first-order valence-corrected chi connectivity index (χ1v) is 1.68. The van der Waals surface area contributed by atoms with Gasteiger partial charge in [0.05, 0.1) is 0 Å². The van der Waals surface area contributed by atoms with Gasteiger partial charge in [0.1, 0.15) is 0 Å². The molecule has 0 aliphatic carbocycles. The zero-order valence-corrected chi connectivity index (χ0v) is 3.70. The minimum absolute atomic E-state index is 1.59. The first-order valence-electron chi connectivity index (χ1n) is 1.68. The van der Waals surface area contributed by atoms with E-state index in [1.165, 1.54) is 0 Å². The third-order valence-corrected chi connectivity index (χ3v) is 0.474. The highest BCUT2D eigenvalue weighted by Gasteiger charge is 2.20. The van der Waals surface area contributed by atoms with Crippen molar-refractivity contribution in [2.75, 3.05) is 0 Å². The van der Waals surface area contributed by atoms with Crippen molar-refractivity contribution in [3.8, 4) is 0 Å². The van der Waals surface area contributed by atoms with Gasteiger partial charge in [0, 0.05) is 0 Å². The Balaban J connectivity index is 3.54. The molecule has 5 nitrogen and oxygen atoms in total. The molecule has 0 aliphatic heterocycles. The first kappa shape index (κ1) is 6.80. The van der Waals surface area contributed by atoms with E-state index in [4.69, 9.17) is 10.2 Å². The molecule has 0 saturated carbocycles. The summed E-state index contributed by atoms with van der Waals surface area (Å²) in [6.07, 6.45) is -1.59. The third kappa shape index (κ3) is 2.49. The zero-order chi connectivity index (χ0) is 6.08. The van der Waals surface area contributed by atoms with Crippen LogP contribution in [0.25, 0.3) is 0 Å². The van der Waals surface area contributed by atoms with Gasteiger partial charge in [-0.05, 0) is 0 Å². The van der Waals surface area contributed by atoms with Crippen LogP contribution >= 0.6 is 0 Å². The van der Waals surface area contributed by atoms with E-state index >= 15 is 0 Å². The second-order valence-electron chi connectivity index (χ2n) is 1.33. The van der Waals surface area contributed by atoms with E-state index in [-0.39, 0.29) is 0 Å². The molecule has 0 aromatic carbocycles. The summed E-state index contributed by atoms with van der Waals surface area (Å²) in [5.41, 5.74) is 13.9. The minimum Gasteiger partial charge on any atom is -0.373 e. The Kier molecular flexibility index (Phi) is 1.68. The Labute approximate surface area is 40.7 Å². The summed E-state index contributed by atoms with van der Waals surface area (Å²) in [5.74, 6) is -2.17. The van der Waals surface area contributed by atoms with Crippen LogP contribution in [0.4, 0.5) is 0 Å². The number of hydrogen-bond donors (Lipinski definition) is 5. The second kappa shape index (κ2) is 1.73. The molecule has 0 spiro atoms. The molecule has 0 heterocycles. The molecule has 0 aliphatic rings. The van der Waals surface area contributed by atoms with Crippen LogP contribution in [0, 0.1) is 0 Å². The molecule has 7 heavy (non-hydrogen) atoms. The Morgan fingerprint density at radius 3 is 1.57 bits per heavy atom. The van der Waals surface area contributed by atoms with Crippen molar-refractivity contribution >= 4 is 0 Å². The van der Waals surface area contributed by atoms with Gasteiger partial charge in [-0.25, -0.2) is 0 Å². The largest absolute Gasteiger partial charge is 0.373 e. The van der Waals surface area contributed by atoms with Crippen molar-refractivity contribution in [3.63, 3.8) is 0 Å². The van der Waals surface area contributed by atoms with Crippen molar-refractivity contribution in [1.82, 2.24) is 0 Å². The lowest BCUT2D eigenvalue weighted by atomic mass is 10.4. The molecule has 44 valence electrons. The maximum atomic E-state index is 8.28. The number of nitrogens with two attached hydrogens (primary N) is 3. The highest BCUT2D eigenvalue weighted by Crippen LogP contribution is 1.82. The van der Waals surface area contributed by atoms with Crippen molar-refractivity contribution < 1.29 is 10.2 Å². The van der Waals surface area contributed by atoms with Gasteiger partial charge in [-0.2, -0.15) is 0 Å². The summed E-state index contributed by atoms with van der Waals surface area (Å²) in [5, 5.41) is 16.4. The SMILES string of the molecule is NC(O)C(N)(N)O. The van der Waals surface area contributed by atoms with Gasteiger partial charge in [0.25, 0.3) is 0 Å². The maximum absolute atomic E-state index is 8.28. The summed E-state index contributed by atoms with van der Waals surface area (Å²) in [7, 11) is 0. The van der Waals surface area contributed by atoms with E-state index in [9.17, 15) is 0 Å². The maximum Gasteiger partial charge on any atom is 0.207 e. The lowest BCUT2D eigenvalue weighted by Gasteiger charge is -2.18. The smallest absolute Gasteiger partial charge is 0.207 e. The normalized spacial score (nSPS) is 16.7. The highest BCUT2D eigenvalue weighted by atomic mass is 16.4. The summed E-state index contributed by atoms with van der Waals surface area (Å²) < 4.78 is 0. The number of aliphatic hydroxyl groups excluding tert-OH is 1. The van der Waals surface area contributed by atoms with Crippen molar-refractivity contribution in [3.05, 3.63) is 0 Å². The molecule has 1 atom stereocenters. The summed E-state index contributed by atoms with van der Waals surface area (Å²) in [6, 6.07) is 0. The van der Waals surface area contributed by atoms with Crippen LogP contribution in [0.15, 0.2) is 0 Å². The van der Waals surface area contributed by atoms with E-state index in [0.29, 0.717) is 0 Å². The van der Waals surface area contributed by atoms with Crippen molar-refractivity contribution in [2.24, 2.45) is 17.2 Å². The topological polar surface area (TPSA) is 119 Å². The van der Waals surface area contributed by atoms with E-state index < -0.39 is 12.1 Å².